The van der Waals surface area contributed by atoms with Crippen molar-refractivity contribution in [2.24, 2.45) is 4.99 Å². The third-order valence-corrected chi connectivity index (χ3v) is 4.68. The summed E-state index contributed by atoms with van der Waals surface area (Å²) in [6.07, 6.45) is 2.42. The second-order valence-electron chi connectivity index (χ2n) is 6.58. The number of ether oxygens (including phenoxy) is 1. The minimum Gasteiger partial charge on any atom is -0.490 e. The van der Waals surface area contributed by atoms with Crippen LogP contribution in [-0.4, -0.2) is 43.6 Å². The number of hydrogen-bond acceptors (Lipinski definition) is 2. The molecule has 1 fully saturated rings. The quantitative estimate of drug-likeness (QED) is 0.642. The summed E-state index contributed by atoms with van der Waals surface area (Å²) in [6, 6.07) is 13.4. The van der Waals surface area contributed by atoms with E-state index in [1.807, 2.05) is 30.3 Å². The van der Waals surface area contributed by atoms with Crippen LogP contribution in [0.3, 0.4) is 0 Å². The number of para-hydroxylation sites is 1. The minimum absolute atomic E-state index is 0.197. The molecule has 1 N–H and O–H groups in total. The summed E-state index contributed by atoms with van der Waals surface area (Å²) < 4.78 is 33.0. The molecule has 0 atom stereocenters. The van der Waals surface area contributed by atoms with E-state index in [4.69, 9.17) is 4.74 Å². The first-order valence-corrected chi connectivity index (χ1v) is 9.27. The van der Waals surface area contributed by atoms with Crippen molar-refractivity contribution in [2.75, 3.05) is 26.7 Å². The van der Waals surface area contributed by atoms with Crippen molar-refractivity contribution in [3.8, 4) is 5.75 Å². The van der Waals surface area contributed by atoms with E-state index in [2.05, 4.69) is 15.2 Å². The minimum atomic E-state index is -0.420. The van der Waals surface area contributed by atoms with Crippen LogP contribution in [0, 0.1) is 11.6 Å². The lowest BCUT2D eigenvalue weighted by Gasteiger charge is -2.34. The van der Waals surface area contributed by atoms with E-state index < -0.39 is 5.82 Å². The molecule has 0 bridgehead atoms. The predicted molar refractivity (Wildman–Crippen MR) is 103 cm³/mol. The molecule has 1 saturated heterocycles. The van der Waals surface area contributed by atoms with Gasteiger partial charge in [0, 0.05) is 39.5 Å². The normalized spacial score (nSPS) is 15.7. The molecule has 0 amide bonds. The fourth-order valence-electron chi connectivity index (χ4n) is 3.25. The van der Waals surface area contributed by atoms with Crippen LogP contribution in [0.2, 0.25) is 0 Å². The second kappa shape index (κ2) is 9.35. The van der Waals surface area contributed by atoms with E-state index in [-0.39, 0.29) is 11.9 Å². The lowest BCUT2D eigenvalue weighted by molar-refractivity contribution is 0.129. The number of likely N-dealkylation sites (tertiary alicyclic amines) is 1. The molecular formula is C21H25F2N3O. The van der Waals surface area contributed by atoms with E-state index in [0.717, 1.165) is 49.8 Å². The highest BCUT2D eigenvalue weighted by Gasteiger charge is 2.22. The Labute approximate surface area is 158 Å². The monoisotopic (exact) mass is 373 g/mol. The van der Waals surface area contributed by atoms with Gasteiger partial charge in [-0.3, -0.25) is 4.99 Å². The molecule has 27 heavy (non-hydrogen) atoms. The Morgan fingerprint density at radius 3 is 2.59 bits per heavy atom. The summed E-state index contributed by atoms with van der Waals surface area (Å²) >= 11 is 0. The van der Waals surface area contributed by atoms with Gasteiger partial charge in [0.05, 0.1) is 0 Å². The van der Waals surface area contributed by atoms with Gasteiger partial charge in [0.2, 0.25) is 0 Å². The van der Waals surface area contributed by atoms with Gasteiger partial charge in [-0.25, -0.2) is 8.78 Å². The van der Waals surface area contributed by atoms with Crippen molar-refractivity contribution in [1.29, 1.82) is 0 Å². The van der Waals surface area contributed by atoms with Gasteiger partial charge in [0.15, 0.2) is 5.96 Å². The van der Waals surface area contributed by atoms with E-state index in [9.17, 15) is 8.78 Å². The summed E-state index contributed by atoms with van der Waals surface area (Å²) in [5, 5.41) is 3.24. The highest BCUT2D eigenvalue weighted by Crippen LogP contribution is 2.18. The molecule has 144 valence electrons. The highest BCUT2D eigenvalue weighted by atomic mass is 19.1. The first-order valence-electron chi connectivity index (χ1n) is 9.27. The number of nitrogens with one attached hydrogen (secondary N) is 1. The molecule has 0 spiro atoms. The number of rotatable bonds is 5. The van der Waals surface area contributed by atoms with E-state index in [1.165, 1.54) is 6.07 Å². The third kappa shape index (κ3) is 5.42. The van der Waals surface area contributed by atoms with Crippen LogP contribution < -0.4 is 10.1 Å². The molecule has 6 heteroatoms. The zero-order chi connectivity index (χ0) is 19.1. The van der Waals surface area contributed by atoms with E-state index >= 15 is 0 Å². The highest BCUT2D eigenvalue weighted by molar-refractivity contribution is 5.80. The average molecular weight is 373 g/mol. The topological polar surface area (TPSA) is 36.9 Å². The van der Waals surface area contributed by atoms with Gasteiger partial charge in [0.25, 0.3) is 0 Å². The summed E-state index contributed by atoms with van der Waals surface area (Å²) in [5.41, 5.74) is 0.368. The molecule has 2 aromatic rings. The van der Waals surface area contributed by atoms with E-state index in [1.54, 1.807) is 7.05 Å². The van der Waals surface area contributed by atoms with Crippen molar-refractivity contribution in [3.63, 3.8) is 0 Å². The number of piperidine rings is 1. The second-order valence-corrected chi connectivity index (χ2v) is 6.58. The molecule has 4 nitrogen and oxygen atoms in total. The first kappa shape index (κ1) is 19.1. The Hall–Kier alpha value is -2.63. The molecule has 0 aromatic heterocycles. The fourth-order valence-corrected chi connectivity index (χ4v) is 3.25. The molecule has 0 aliphatic carbocycles. The number of guanidine groups is 1. The molecule has 0 unspecified atom stereocenters. The van der Waals surface area contributed by atoms with Crippen LogP contribution in [-0.2, 0) is 6.42 Å². The molecule has 1 aliphatic heterocycles. The maximum absolute atomic E-state index is 13.7. The first-order chi connectivity index (χ1) is 13.2. The van der Waals surface area contributed by atoms with Gasteiger partial charge in [-0.1, -0.05) is 18.2 Å². The van der Waals surface area contributed by atoms with Crippen molar-refractivity contribution in [3.05, 3.63) is 65.7 Å². The van der Waals surface area contributed by atoms with Crippen LogP contribution in [0.4, 0.5) is 8.78 Å². The van der Waals surface area contributed by atoms with Crippen LogP contribution in [0.15, 0.2) is 53.5 Å². The van der Waals surface area contributed by atoms with Gasteiger partial charge in [0.1, 0.15) is 23.5 Å². The molecule has 0 saturated carbocycles. The summed E-state index contributed by atoms with van der Waals surface area (Å²) in [4.78, 5) is 6.49. The number of nitrogens with zero attached hydrogens (tertiary/aromatic N) is 2. The summed E-state index contributed by atoms with van der Waals surface area (Å²) in [7, 11) is 1.73. The number of aliphatic imine (C=N–C) groups is 1. The van der Waals surface area contributed by atoms with Gasteiger partial charge in [-0.2, -0.15) is 0 Å². The number of halogens is 2. The predicted octanol–water partition coefficient (Wildman–Crippen LogP) is 3.63. The summed E-state index contributed by atoms with van der Waals surface area (Å²) in [6.45, 7) is 2.17. The lowest BCUT2D eigenvalue weighted by Crippen LogP contribution is -2.47. The fraction of sp³-hybridized carbons (Fsp3) is 0.381. The molecule has 0 radical (unpaired) electrons. The van der Waals surface area contributed by atoms with Crippen molar-refractivity contribution >= 4 is 5.96 Å². The average Bonchev–Trinajstić information content (AvgIpc) is 2.69. The van der Waals surface area contributed by atoms with Crippen LogP contribution in [0.1, 0.15) is 18.4 Å². The Morgan fingerprint density at radius 1 is 1.15 bits per heavy atom. The van der Waals surface area contributed by atoms with Gasteiger partial charge < -0.3 is 15.0 Å². The van der Waals surface area contributed by atoms with Crippen LogP contribution in [0.5, 0.6) is 5.75 Å². The van der Waals surface area contributed by atoms with E-state index in [0.29, 0.717) is 18.5 Å². The number of hydrogen-bond donors (Lipinski definition) is 1. The van der Waals surface area contributed by atoms with Gasteiger partial charge >= 0.3 is 0 Å². The van der Waals surface area contributed by atoms with Gasteiger partial charge in [-0.05, 0) is 42.3 Å². The summed E-state index contributed by atoms with van der Waals surface area (Å²) in [5.74, 6) is 0.879. The van der Waals surface area contributed by atoms with Crippen LogP contribution in [0.25, 0.3) is 0 Å². The number of benzene rings is 2. The Balaban J connectivity index is 1.45. The largest absolute Gasteiger partial charge is 0.490 e. The lowest BCUT2D eigenvalue weighted by atomic mass is 10.1. The molecular weight excluding hydrogens is 348 g/mol. The molecule has 1 heterocycles. The maximum atomic E-state index is 13.7. The van der Waals surface area contributed by atoms with Crippen LogP contribution >= 0.6 is 0 Å². The Morgan fingerprint density at radius 2 is 1.89 bits per heavy atom. The SMILES string of the molecule is CN=C(NCCc1cc(F)ccc1F)N1CCC(Oc2ccccc2)CC1. The maximum Gasteiger partial charge on any atom is 0.193 e. The third-order valence-electron chi connectivity index (χ3n) is 4.68. The molecule has 2 aromatic carbocycles. The zero-order valence-electron chi connectivity index (χ0n) is 15.5. The Kier molecular flexibility index (Phi) is 6.63. The smallest absolute Gasteiger partial charge is 0.193 e. The van der Waals surface area contributed by atoms with Gasteiger partial charge in [-0.15, -0.1) is 0 Å². The molecule has 3 rings (SSSR count). The van der Waals surface area contributed by atoms with Crippen molar-refractivity contribution < 1.29 is 13.5 Å². The molecule has 1 aliphatic rings. The zero-order valence-corrected chi connectivity index (χ0v) is 15.5. The standard InChI is InChI=1S/C21H25F2N3O/c1-24-21(25-12-9-16-15-17(22)7-8-20(16)23)26-13-10-19(11-14-26)27-18-5-3-2-4-6-18/h2-8,15,19H,9-14H2,1H3,(H,24,25). The van der Waals surface area contributed by atoms with Crippen molar-refractivity contribution in [2.45, 2.75) is 25.4 Å². The van der Waals surface area contributed by atoms with Crippen molar-refractivity contribution in [1.82, 2.24) is 10.2 Å². The Bertz CT molecular complexity index is 759.